The van der Waals surface area contributed by atoms with Gasteiger partial charge in [-0.25, -0.2) is 0 Å². The quantitative estimate of drug-likeness (QED) is 0.807. The molecule has 1 saturated heterocycles. The summed E-state index contributed by atoms with van der Waals surface area (Å²) in [5, 5.41) is 13.2. The Labute approximate surface area is 158 Å². The number of aromatic nitrogens is 2. The largest absolute Gasteiger partial charge is 0.494 e. The normalized spacial score (nSPS) is 16.9. The highest BCUT2D eigenvalue weighted by Crippen LogP contribution is 2.26. The van der Waals surface area contributed by atoms with Crippen LogP contribution in [0.5, 0.6) is 5.75 Å². The van der Waals surface area contributed by atoms with Gasteiger partial charge < -0.3 is 14.7 Å². The lowest BCUT2D eigenvalue weighted by Crippen LogP contribution is -2.40. The van der Waals surface area contributed by atoms with Crippen LogP contribution >= 0.6 is 0 Å². The number of likely N-dealkylation sites (tertiary alicyclic amines) is 1. The third-order valence-corrected chi connectivity index (χ3v) is 4.74. The topological polar surface area (TPSA) is 84.7 Å². The van der Waals surface area contributed by atoms with E-state index in [-0.39, 0.29) is 18.4 Å². The zero-order chi connectivity index (χ0) is 19.2. The number of hydrogen-bond acceptors (Lipinski definition) is 4. The molecular weight excluding hydrogens is 346 g/mol. The van der Waals surface area contributed by atoms with Crippen LogP contribution in [-0.2, 0) is 22.6 Å². The van der Waals surface area contributed by atoms with Crippen molar-refractivity contribution in [3.63, 3.8) is 0 Å². The lowest BCUT2D eigenvalue weighted by Gasteiger charge is -2.32. The molecule has 1 N–H and O–H groups in total. The molecule has 0 spiro atoms. The summed E-state index contributed by atoms with van der Waals surface area (Å²) in [6, 6.07) is 9.49. The van der Waals surface area contributed by atoms with E-state index in [1.807, 2.05) is 42.2 Å². The third kappa shape index (κ3) is 5.09. The Balaban J connectivity index is 1.59. The molecule has 1 amide bonds. The highest BCUT2D eigenvalue weighted by atomic mass is 16.5. The molecule has 1 atom stereocenters. The van der Waals surface area contributed by atoms with Gasteiger partial charge in [0.15, 0.2) is 0 Å². The molecule has 0 radical (unpaired) electrons. The number of carbonyl (C=O) groups excluding carboxylic acids is 1. The van der Waals surface area contributed by atoms with E-state index in [4.69, 9.17) is 9.84 Å². The van der Waals surface area contributed by atoms with Gasteiger partial charge >= 0.3 is 5.97 Å². The number of carbonyl (C=O) groups is 2. The fourth-order valence-corrected chi connectivity index (χ4v) is 3.42. The molecule has 1 aromatic heterocycles. The molecule has 7 heteroatoms. The molecule has 0 bridgehead atoms. The Bertz CT molecular complexity index is 785. The predicted octanol–water partition coefficient (Wildman–Crippen LogP) is 2.32. The van der Waals surface area contributed by atoms with Crippen molar-refractivity contribution in [3.8, 4) is 5.75 Å². The highest BCUT2D eigenvalue weighted by molar-refractivity contribution is 5.79. The van der Waals surface area contributed by atoms with Crippen LogP contribution in [0.4, 0.5) is 0 Å². The van der Waals surface area contributed by atoms with E-state index in [2.05, 4.69) is 5.10 Å². The smallest absolute Gasteiger partial charge is 0.325 e. The average molecular weight is 371 g/mol. The Hall–Kier alpha value is -2.83. The van der Waals surface area contributed by atoms with Gasteiger partial charge in [-0.1, -0.05) is 12.1 Å². The first-order chi connectivity index (χ1) is 13.0. The number of benzene rings is 1. The number of nitrogens with zero attached hydrogens (tertiary/aromatic N) is 3. The van der Waals surface area contributed by atoms with Crippen molar-refractivity contribution >= 4 is 11.9 Å². The number of piperidine rings is 1. The molecule has 1 aliphatic rings. The van der Waals surface area contributed by atoms with E-state index in [1.165, 1.54) is 4.68 Å². The number of rotatable bonds is 7. The van der Waals surface area contributed by atoms with Crippen LogP contribution in [0.15, 0.2) is 36.5 Å². The first-order valence-electron chi connectivity index (χ1n) is 9.30. The van der Waals surface area contributed by atoms with Crippen molar-refractivity contribution in [2.75, 3.05) is 19.7 Å². The van der Waals surface area contributed by atoms with Gasteiger partial charge in [0.25, 0.3) is 0 Å². The molecule has 27 heavy (non-hydrogen) atoms. The molecule has 1 aromatic carbocycles. The summed E-state index contributed by atoms with van der Waals surface area (Å²) in [6.45, 7) is 3.79. The SMILES string of the molecule is CCOc1ccc(CC(=O)N2CCCC(c3ccn(CC(=O)O)n3)C2)cc1. The summed E-state index contributed by atoms with van der Waals surface area (Å²) >= 11 is 0. The first kappa shape index (κ1) is 18.9. The van der Waals surface area contributed by atoms with Crippen molar-refractivity contribution in [1.82, 2.24) is 14.7 Å². The summed E-state index contributed by atoms with van der Waals surface area (Å²) in [4.78, 5) is 25.4. The van der Waals surface area contributed by atoms with Crippen LogP contribution in [0.1, 0.15) is 36.9 Å². The van der Waals surface area contributed by atoms with Crippen LogP contribution < -0.4 is 4.74 Å². The van der Waals surface area contributed by atoms with Gasteiger partial charge in [0.1, 0.15) is 12.3 Å². The second-order valence-electron chi connectivity index (χ2n) is 6.76. The molecule has 7 nitrogen and oxygen atoms in total. The second-order valence-corrected chi connectivity index (χ2v) is 6.76. The lowest BCUT2D eigenvalue weighted by atomic mass is 9.94. The van der Waals surface area contributed by atoms with Gasteiger partial charge in [-0.2, -0.15) is 5.10 Å². The van der Waals surface area contributed by atoms with E-state index in [0.29, 0.717) is 19.6 Å². The van der Waals surface area contributed by atoms with Crippen molar-refractivity contribution in [1.29, 1.82) is 0 Å². The first-order valence-corrected chi connectivity index (χ1v) is 9.30. The fourth-order valence-electron chi connectivity index (χ4n) is 3.42. The molecule has 1 fully saturated rings. The highest BCUT2D eigenvalue weighted by Gasteiger charge is 2.26. The molecule has 2 heterocycles. The number of carboxylic acid groups (broad SMARTS) is 1. The van der Waals surface area contributed by atoms with Gasteiger partial charge in [-0.05, 0) is 43.5 Å². The summed E-state index contributed by atoms with van der Waals surface area (Å²) in [7, 11) is 0. The van der Waals surface area contributed by atoms with Gasteiger partial charge in [0.05, 0.1) is 18.7 Å². The Morgan fingerprint density at radius 3 is 2.74 bits per heavy atom. The van der Waals surface area contributed by atoms with E-state index in [1.54, 1.807) is 6.20 Å². The maximum absolute atomic E-state index is 12.7. The fraction of sp³-hybridized carbons (Fsp3) is 0.450. The van der Waals surface area contributed by atoms with Gasteiger partial charge in [-0.3, -0.25) is 14.3 Å². The van der Waals surface area contributed by atoms with E-state index < -0.39 is 5.97 Å². The van der Waals surface area contributed by atoms with Gasteiger partial charge in [0.2, 0.25) is 5.91 Å². The minimum Gasteiger partial charge on any atom is -0.494 e. The molecule has 2 aromatic rings. The van der Waals surface area contributed by atoms with Crippen molar-refractivity contribution in [2.45, 2.75) is 38.6 Å². The van der Waals surface area contributed by atoms with Crippen molar-refractivity contribution in [2.24, 2.45) is 0 Å². The number of carboxylic acids is 1. The minimum absolute atomic E-state index is 0.105. The molecule has 0 aliphatic carbocycles. The third-order valence-electron chi connectivity index (χ3n) is 4.74. The summed E-state index contributed by atoms with van der Waals surface area (Å²) in [5.41, 5.74) is 1.83. The van der Waals surface area contributed by atoms with Crippen LogP contribution in [0.2, 0.25) is 0 Å². The zero-order valence-corrected chi connectivity index (χ0v) is 15.5. The number of aliphatic carboxylic acids is 1. The average Bonchev–Trinajstić information content (AvgIpc) is 3.11. The molecule has 1 aliphatic heterocycles. The Kier molecular flexibility index (Phi) is 6.11. The number of ether oxygens (including phenoxy) is 1. The summed E-state index contributed by atoms with van der Waals surface area (Å²) in [5.74, 6) is 0.149. The molecule has 3 rings (SSSR count). The molecule has 144 valence electrons. The molecular formula is C20H25N3O4. The Morgan fingerprint density at radius 2 is 2.04 bits per heavy atom. The standard InChI is InChI=1S/C20H25N3O4/c1-2-27-17-7-5-15(6-8-17)12-19(24)22-10-3-4-16(13-22)18-9-11-23(21-18)14-20(25)26/h5-9,11,16H,2-4,10,12-14H2,1H3,(H,25,26). The van der Waals surface area contributed by atoms with Gasteiger partial charge in [0, 0.05) is 25.2 Å². The van der Waals surface area contributed by atoms with Crippen LogP contribution in [-0.4, -0.2) is 51.4 Å². The van der Waals surface area contributed by atoms with E-state index in [9.17, 15) is 9.59 Å². The van der Waals surface area contributed by atoms with Gasteiger partial charge in [-0.15, -0.1) is 0 Å². The second kappa shape index (κ2) is 8.70. The molecule has 1 unspecified atom stereocenters. The molecule has 0 saturated carbocycles. The number of hydrogen-bond donors (Lipinski definition) is 1. The lowest BCUT2D eigenvalue weighted by molar-refractivity contribution is -0.138. The van der Waals surface area contributed by atoms with Crippen LogP contribution in [0.3, 0.4) is 0 Å². The minimum atomic E-state index is -0.916. The summed E-state index contributed by atoms with van der Waals surface area (Å²) in [6.07, 6.45) is 3.93. The van der Waals surface area contributed by atoms with E-state index >= 15 is 0 Å². The van der Waals surface area contributed by atoms with Crippen molar-refractivity contribution < 1.29 is 19.4 Å². The van der Waals surface area contributed by atoms with Crippen LogP contribution in [0.25, 0.3) is 0 Å². The number of amides is 1. The maximum Gasteiger partial charge on any atom is 0.325 e. The summed E-state index contributed by atoms with van der Waals surface area (Å²) < 4.78 is 6.86. The maximum atomic E-state index is 12.7. The van der Waals surface area contributed by atoms with Crippen molar-refractivity contribution in [3.05, 3.63) is 47.8 Å². The van der Waals surface area contributed by atoms with E-state index in [0.717, 1.165) is 36.4 Å². The Morgan fingerprint density at radius 1 is 1.26 bits per heavy atom. The zero-order valence-electron chi connectivity index (χ0n) is 15.5. The monoisotopic (exact) mass is 371 g/mol. The predicted molar refractivity (Wildman–Crippen MR) is 99.7 cm³/mol. The van der Waals surface area contributed by atoms with Crippen LogP contribution in [0, 0.1) is 0 Å².